The third-order valence-electron chi connectivity index (χ3n) is 17.5. The monoisotopic (exact) mass is 1200 g/mol. The van der Waals surface area contributed by atoms with Crippen molar-refractivity contribution in [3.8, 4) is 137 Å². The Morgan fingerprint density at radius 3 is 1.03 bits per heavy atom. The van der Waals surface area contributed by atoms with Crippen LogP contribution >= 0.6 is 0 Å². The van der Waals surface area contributed by atoms with Crippen LogP contribution in [0, 0.1) is 45.3 Å². The van der Waals surface area contributed by atoms with Crippen LogP contribution in [0.3, 0.4) is 0 Å². The van der Waals surface area contributed by atoms with E-state index in [1.165, 1.54) is 0 Å². The molecule has 16 aromatic rings. The molecule has 0 aliphatic carbocycles. The first-order chi connectivity index (χ1) is 46.4. The van der Waals surface area contributed by atoms with E-state index in [4.69, 9.17) is 19.9 Å². The van der Waals surface area contributed by atoms with Crippen molar-refractivity contribution in [1.29, 1.82) is 21.0 Å². The average molecular weight is 1200 g/mol. The number of pyridine rings is 1. The molecule has 0 amide bonds. The molecule has 0 N–H and O–H groups in total. The largest absolute Gasteiger partial charge is 0.309 e. The van der Waals surface area contributed by atoms with Gasteiger partial charge in [0.15, 0.2) is 17.5 Å². The molecule has 4 heterocycles. The quantitative estimate of drug-likeness (QED) is 0.124. The molecule has 0 bridgehead atoms. The Bertz CT molecular complexity index is 5630. The van der Waals surface area contributed by atoms with E-state index in [0.29, 0.717) is 39.7 Å². The molecule has 0 saturated carbocycles. The van der Waals surface area contributed by atoms with Crippen LogP contribution in [0.5, 0.6) is 0 Å². The molecule has 0 fully saturated rings. The molecular weight excluding hydrogens is 1150 g/mol. The van der Waals surface area contributed by atoms with Gasteiger partial charge < -0.3 is 9.13 Å². The molecule has 0 spiro atoms. The number of aromatic nitrogens is 6. The third kappa shape index (κ3) is 10.0. The molecule has 10 heteroatoms. The number of fused-ring (bicyclic) bond motifs is 6. The molecule has 434 valence electrons. The number of benzene rings is 12. The summed E-state index contributed by atoms with van der Waals surface area (Å²) in [5.41, 5.74) is 21.5. The maximum Gasteiger partial charge on any atom is 0.164 e. The van der Waals surface area contributed by atoms with E-state index >= 15 is 0 Å². The van der Waals surface area contributed by atoms with Gasteiger partial charge in [-0.1, -0.05) is 146 Å². The van der Waals surface area contributed by atoms with Crippen molar-refractivity contribution >= 4 is 43.6 Å². The van der Waals surface area contributed by atoms with Gasteiger partial charge in [-0.15, -0.1) is 0 Å². The number of hydrogen-bond acceptors (Lipinski definition) is 8. The van der Waals surface area contributed by atoms with Crippen molar-refractivity contribution in [2.75, 3.05) is 0 Å². The standard InChI is InChI=1S/C84H48N10/c85-48-53-12-7-20-59(38-53)63-25-32-77-73(42-63)74-43-64(60-21-8-13-54(39-60)49-86)26-33-78(74)93(77)69-30-31-70(68-24-11-37-89-52-68)71(47-69)72-46-67(84-91-82(57-16-3-1-4-17-57)90-83(92-84)58-18-5-2-6-19-58)29-36-79(72)94-80-34-27-65(61-22-9-14-55(40-61)50-87)44-75(80)76-45-66(28-35-81(76)94)62-23-10-15-56(41-62)51-88/h1-47,52H. The fraction of sp³-hybridized carbons (Fsp3) is 0. The van der Waals surface area contributed by atoms with Gasteiger partial charge in [-0.05, 0) is 189 Å². The van der Waals surface area contributed by atoms with Gasteiger partial charge in [0.1, 0.15) is 0 Å². The summed E-state index contributed by atoms with van der Waals surface area (Å²) in [4.78, 5) is 20.4. The highest BCUT2D eigenvalue weighted by atomic mass is 15.0. The maximum absolute atomic E-state index is 10.1. The molecule has 94 heavy (non-hydrogen) atoms. The molecule has 0 saturated heterocycles. The van der Waals surface area contributed by atoms with Crippen LogP contribution in [-0.2, 0) is 0 Å². The van der Waals surface area contributed by atoms with Crippen LogP contribution < -0.4 is 0 Å². The zero-order chi connectivity index (χ0) is 63.2. The van der Waals surface area contributed by atoms with E-state index in [2.05, 4.69) is 149 Å². The van der Waals surface area contributed by atoms with Crippen molar-refractivity contribution in [1.82, 2.24) is 29.1 Å². The minimum Gasteiger partial charge on any atom is -0.309 e. The highest BCUT2D eigenvalue weighted by Crippen LogP contribution is 2.46. The summed E-state index contributed by atoms with van der Waals surface area (Å²) in [7, 11) is 0. The number of hydrogen-bond donors (Lipinski definition) is 0. The molecule has 0 aliphatic heterocycles. The predicted molar refractivity (Wildman–Crippen MR) is 374 cm³/mol. The first-order valence-corrected chi connectivity index (χ1v) is 30.6. The summed E-state index contributed by atoms with van der Waals surface area (Å²) in [6.45, 7) is 0. The highest BCUT2D eigenvalue weighted by molar-refractivity contribution is 6.14. The van der Waals surface area contributed by atoms with Crippen molar-refractivity contribution in [3.05, 3.63) is 314 Å². The Balaban J connectivity index is 0.995. The van der Waals surface area contributed by atoms with E-state index in [9.17, 15) is 21.0 Å². The van der Waals surface area contributed by atoms with Crippen molar-refractivity contribution in [3.63, 3.8) is 0 Å². The van der Waals surface area contributed by atoms with Gasteiger partial charge in [0.25, 0.3) is 0 Å². The van der Waals surface area contributed by atoms with Gasteiger partial charge in [0.05, 0.1) is 74.3 Å². The Hall–Kier alpha value is -13.6. The summed E-state index contributed by atoms with van der Waals surface area (Å²) >= 11 is 0. The summed E-state index contributed by atoms with van der Waals surface area (Å²) in [6.07, 6.45) is 3.70. The topological polar surface area (TPSA) is 157 Å². The Kier molecular flexibility index (Phi) is 13.8. The highest BCUT2D eigenvalue weighted by Gasteiger charge is 2.24. The van der Waals surface area contributed by atoms with E-state index < -0.39 is 0 Å². The second kappa shape index (κ2) is 23.4. The van der Waals surface area contributed by atoms with Crippen molar-refractivity contribution in [2.24, 2.45) is 0 Å². The first-order valence-electron chi connectivity index (χ1n) is 30.6. The van der Waals surface area contributed by atoms with E-state index in [1.54, 1.807) is 6.20 Å². The Morgan fingerprint density at radius 2 is 0.628 bits per heavy atom. The molecule has 12 aromatic carbocycles. The summed E-state index contributed by atoms with van der Waals surface area (Å²) in [5, 5.41) is 44.1. The first kappa shape index (κ1) is 55.7. The Morgan fingerprint density at radius 1 is 0.255 bits per heavy atom. The Labute approximate surface area is 541 Å². The second-order valence-corrected chi connectivity index (χ2v) is 23.1. The van der Waals surface area contributed by atoms with Crippen LogP contribution in [0.25, 0.3) is 156 Å². The van der Waals surface area contributed by atoms with E-state index in [1.807, 2.05) is 170 Å². The van der Waals surface area contributed by atoms with Crippen LogP contribution in [0.4, 0.5) is 0 Å². The van der Waals surface area contributed by atoms with Gasteiger partial charge in [-0.2, -0.15) is 21.0 Å². The molecule has 0 unspecified atom stereocenters. The lowest BCUT2D eigenvalue weighted by Crippen LogP contribution is -2.03. The van der Waals surface area contributed by atoms with Gasteiger partial charge in [0.2, 0.25) is 0 Å². The fourth-order valence-electron chi connectivity index (χ4n) is 13.1. The zero-order valence-corrected chi connectivity index (χ0v) is 50.2. The summed E-state index contributed by atoms with van der Waals surface area (Å²) < 4.78 is 4.67. The van der Waals surface area contributed by atoms with Crippen LogP contribution in [-0.4, -0.2) is 29.1 Å². The molecule has 4 aromatic heterocycles. The molecule has 0 aliphatic rings. The van der Waals surface area contributed by atoms with E-state index in [0.717, 1.165) is 138 Å². The van der Waals surface area contributed by atoms with Gasteiger partial charge in [0, 0.05) is 67.4 Å². The number of rotatable bonds is 11. The number of nitrogens with zero attached hydrogens (tertiary/aromatic N) is 10. The minimum absolute atomic E-state index is 0.491. The van der Waals surface area contributed by atoms with Crippen LogP contribution in [0.1, 0.15) is 22.3 Å². The van der Waals surface area contributed by atoms with Gasteiger partial charge in [-0.25, -0.2) is 15.0 Å². The zero-order valence-electron chi connectivity index (χ0n) is 50.2. The number of nitriles is 4. The lowest BCUT2D eigenvalue weighted by Gasteiger charge is -2.20. The molecule has 16 rings (SSSR count). The van der Waals surface area contributed by atoms with Crippen molar-refractivity contribution < 1.29 is 0 Å². The lowest BCUT2D eigenvalue weighted by molar-refractivity contribution is 1.07. The predicted octanol–water partition coefficient (Wildman–Crippen LogP) is 20.0. The lowest BCUT2D eigenvalue weighted by atomic mass is 9.92. The van der Waals surface area contributed by atoms with Crippen LogP contribution in [0.2, 0.25) is 0 Å². The average Bonchev–Trinajstić information content (AvgIpc) is 1.55. The minimum atomic E-state index is 0.491. The fourth-order valence-corrected chi connectivity index (χ4v) is 13.1. The van der Waals surface area contributed by atoms with Crippen molar-refractivity contribution in [2.45, 2.75) is 0 Å². The van der Waals surface area contributed by atoms with E-state index in [-0.39, 0.29) is 0 Å². The molecular formula is C84H48N10. The van der Waals surface area contributed by atoms with Gasteiger partial charge >= 0.3 is 0 Å². The maximum atomic E-state index is 10.1. The summed E-state index contributed by atoms with van der Waals surface area (Å²) in [5.74, 6) is 1.57. The molecule has 0 atom stereocenters. The third-order valence-corrected chi connectivity index (χ3v) is 17.5. The normalized spacial score (nSPS) is 11.1. The molecule has 10 nitrogen and oxygen atoms in total. The SMILES string of the molecule is N#Cc1cccc(-c2ccc3c(c2)c2cc(-c4cccc(C#N)c4)ccc2n3-c2ccc(-c3cccnc3)c(-c3cc(-c4nc(-c5ccccc5)nc(-c5ccccc5)n4)ccc3-n3c4ccc(-c5cccc(C#N)c5)cc4c4cc(-c5cccc(C#N)c5)ccc43)c2)c1. The van der Waals surface area contributed by atoms with Gasteiger partial charge in [-0.3, -0.25) is 4.98 Å². The van der Waals surface area contributed by atoms with Crippen LogP contribution in [0.15, 0.2) is 291 Å². The summed E-state index contributed by atoms with van der Waals surface area (Å²) in [6, 6.07) is 103. The molecule has 0 radical (unpaired) electrons. The smallest absolute Gasteiger partial charge is 0.164 e. The second-order valence-electron chi connectivity index (χ2n) is 23.1.